The maximum absolute atomic E-state index is 12.4. The van der Waals surface area contributed by atoms with E-state index < -0.39 is 6.04 Å². The lowest BCUT2D eigenvalue weighted by atomic mass is 10.0. The number of rotatable bonds is 7. The molecular weight excluding hydrogens is 381 g/mol. The van der Waals surface area contributed by atoms with Gasteiger partial charge in [0.15, 0.2) is 0 Å². The molecule has 6 heteroatoms. The SMILES string of the molecule is Cc1ccc(C(N)C(=O)NCc2ccccc2CN(C)C(C)C)cc1.Cl.Cl. The van der Waals surface area contributed by atoms with Crippen LogP contribution in [-0.2, 0) is 17.9 Å². The van der Waals surface area contributed by atoms with E-state index in [1.807, 2.05) is 43.3 Å². The predicted molar refractivity (Wildman–Crippen MR) is 117 cm³/mol. The maximum atomic E-state index is 12.4. The summed E-state index contributed by atoms with van der Waals surface area (Å²) in [4.78, 5) is 14.7. The van der Waals surface area contributed by atoms with E-state index in [9.17, 15) is 4.79 Å². The summed E-state index contributed by atoms with van der Waals surface area (Å²) in [5.74, 6) is -0.157. The molecule has 3 N–H and O–H groups in total. The molecule has 1 atom stereocenters. The van der Waals surface area contributed by atoms with Crippen LogP contribution < -0.4 is 11.1 Å². The van der Waals surface area contributed by atoms with Crippen LogP contribution in [0.25, 0.3) is 0 Å². The molecule has 0 aliphatic carbocycles. The number of halogens is 2. The fourth-order valence-corrected chi connectivity index (χ4v) is 2.55. The van der Waals surface area contributed by atoms with Gasteiger partial charge in [-0.05, 0) is 44.5 Å². The van der Waals surface area contributed by atoms with Crippen LogP contribution in [0.2, 0.25) is 0 Å². The van der Waals surface area contributed by atoms with Gasteiger partial charge in [-0.2, -0.15) is 0 Å². The van der Waals surface area contributed by atoms with Crippen LogP contribution in [0.15, 0.2) is 48.5 Å². The van der Waals surface area contributed by atoms with Crippen molar-refractivity contribution >= 4 is 30.7 Å². The van der Waals surface area contributed by atoms with E-state index in [2.05, 4.69) is 43.2 Å². The fraction of sp³-hybridized carbons (Fsp3) is 0.381. The Morgan fingerprint density at radius 1 is 1.04 bits per heavy atom. The van der Waals surface area contributed by atoms with E-state index in [0.717, 1.165) is 23.2 Å². The second-order valence-electron chi connectivity index (χ2n) is 6.88. The van der Waals surface area contributed by atoms with Gasteiger partial charge >= 0.3 is 0 Å². The number of nitrogens with two attached hydrogens (primary N) is 1. The zero-order chi connectivity index (χ0) is 18.4. The molecule has 1 amide bonds. The van der Waals surface area contributed by atoms with Gasteiger partial charge in [-0.3, -0.25) is 9.69 Å². The Morgan fingerprint density at radius 3 is 2.15 bits per heavy atom. The third-order valence-corrected chi connectivity index (χ3v) is 4.59. The first-order chi connectivity index (χ1) is 11.9. The van der Waals surface area contributed by atoms with Crippen molar-refractivity contribution in [3.63, 3.8) is 0 Å². The van der Waals surface area contributed by atoms with Gasteiger partial charge < -0.3 is 11.1 Å². The highest BCUT2D eigenvalue weighted by molar-refractivity contribution is 5.85. The van der Waals surface area contributed by atoms with Crippen LogP contribution >= 0.6 is 24.8 Å². The zero-order valence-electron chi connectivity index (χ0n) is 16.4. The smallest absolute Gasteiger partial charge is 0.241 e. The van der Waals surface area contributed by atoms with E-state index in [0.29, 0.717) is 12.6 Å². The molecule has 0 bridgehead atoms. The minimum atomic E-state index is -0.647. The van der Waals surface area contributed by atoms with E-state index >= 15 is 0 Å². The van der Waals surface area contributed by atoms with Crippen LogP contribution in [0.1, 0.15) is 42.1 Å². The largest absolute Gasteiger partial charge is 0.350 e. The number of nitrogens with one attached hydrogen (secondary N) is 1. The van der Waals surface area contributed by atoms with Gasteiger partial charge in [-0.25, -0.2) is 0 Å². The number of carbonyl (C=O) groups excluding carboxylic acids is 1. The highest BCUT2D eigenvalue weighted by Crippen LogP contribution is 2.14. The van der Waals surface area contributed by atoms with Crippen molar-refractivity contribution in [2.45, 2.75) is 45.9 Å². The van der Waals surface area contributed by atoms with Crippen LogP contribution in [0.3, 0.4) is 0 Å². The van der Waals surface area contributed by atoms with Gasteiger partial charge in [0.1, 0.15) is 6.04 Å². The van der Waals surface area contributed by atoms with E-state index in [1.54, 1.807) is 0 Å². The Kier molecular flexibility index (Phi) is 11.3. The highest BCUT2D eigenvalue weighted by atomic mass is 35.5. The Morgan fingerprint density at radius 2 is 1.59 bits per heavy atom. The van der Waals surface area contributed by atoms with Gasteiger partial charge in [0.25, 0.3) is 0 Å². The standard InChI is InChI=1S/C21H29N3O.2ClH/c1-15(2)24(4)14-19-8-6-5-7-18(19)13-23-21(25)20(22)17-11-9-16(3)10-12-17;;/h5-12,15,20H,13-14,22H2,1-4H3,(H,23,25);2*1H. The fourth-order valence-electron chi connectivity index (χ4n) is 2.55. The molecule has 0 saturated heterocycles. The molecule has 0 aromatic heterocycles. The van der Waals surface area contributed by atoms with Crippen LogP contribution in [0.5, 0.6) is 0 Å². The summed E-state index contributed by atoms with van der Waals surface area (Å²) in [5.41, 5.74) is 10.4. The molecule has 0 aliphatic heterocycles. The first-order valence-corrected chi connectivity index (χ1v) is 8.75. The number of carbonyl (C=O) groups is 1. The molecule has 2 aromatic rings. The number of benzene rings is 2. The van der Waals surface area contributed by atoms with Gasteiger partial charge in [0.2, 0.25) is 5.91 Å². The zero-order valence-corrected chi connectivity index (χ0v) is 18.1. The average molecular weight is 412 g/mol. The lowest BCUT2D eigenvalue weighted by Crippen LogP contribution is -2.34. The monoisotopic (exact) mass is 411 g/mol. The molecule has 2 aromatic carbocycles. The summed E-state index contributed by atoms with van der Waals surface area (Å²) in [5, 5.41) is 2.97. The van der Waals surface area contributed by atoms with Crippen molar-refractivity contribution in [1.29, 1.82) is 0 Å². The molecule has 27 heavy (non-hydrogen) atoms. The molecule has 1 unspecified atom stereocenters. The lowest BCUT2D eigenvalue weighted by molar-refractivity contribution is -0.122. The average Bonchev–Trinajstić information content (AvgIpc) is 2.60. The molecule has 2 rings (SSSR count). The van der Waals surface area contributed by atoms with Crippen molar-refractivity contribution < 1.29 is 4.79 Å². The molecule has 4 nitrogen and oxygen atoms in total. The number of hydrogen-bond donors (Lipinski definition) is 2. The Hall–Kier alpha value is -1.59. The molecule has 0 fully saturated rings. The molecule has 0 radical (unpaired) electrons. The summed E-state index contributed by atoms with van der Waals surface area (Å²) >= 11 is 0. The highest BCUT2D eigenvalue weighted by Gasteiger charge is 2.16. The number of nitrogens with zero attached hydrogens (tertiary/aromatic N) is 1. The van der Waals surface area contributed by atoms with E-state index in [-0.39, 0.29) is 30.7 Å². The maximum Gasteiger partial charge on any atom is 0.241 e. The van der Waals surface area contributed by atoms with Crippen LogP contribution in [0, 0.1) is 6.92 Å². The number of amides is 1. The van der Waals surface area contributed by atoms with Crippen LogP contribution in [0.4, 0.5) is 0 Å². The van der Waals surface area contributed by atoms with Crippen molar-refractivity contribution in [2.75, 3.05) is 7.05 Å². The quantitative estimate of drug-likeness (QED) is 0.723. The predicted octanol–water partition coefficient (Wildman–Crippen LogP) is 4.00. The normalized spacial score (nSPS) is 11.5. The van der Waals surface area contributed by atoms with Gasteiger partial charge in [-0.15, -0.1) is 24.8 Å². The summed E-state index contributed by atoms with van der Waals surface area (Å²) in [6.45, 7) is 7.70. The topological polar surface area (TPSA) is 58.4 Å². The van der Waals surface area contributed by atoms with Crippen molar-refractivity contribution in [3.05, 3.63) is 70.8 Å². The van der Waals surface area contributed by atoms with Gasteiger partial charge in [-0.1, -0.05) is 54.1 Å². The van der Waals surface area contributed by atoms with E-state index in [1.165, 1.54) is 5.56 Å². The first-order valence-electron chi connectivity index (χ1n) is 8.75. The Balaban J connectivity index is 0.00000338. The second-order valence-corrected chi connectivity index (χ2v) is 6.88. The van der Waals surface area contributed by atoms with Crippen molar-refractivity contribution in [2.24, 2.45) is 5.73 Å². The van der Waals surface area contributed by atoms with Crippen molar-refractivity contribution in [1.82, 2.24) is 10.2 Å². The first kappa shape index (κ1) is 25.4. The molecule has 150 valence electrons. The number of hydrogen-bond acceptors (Lipinski definition) is 3. The Labute approximate surface area is 175 Å². The van der Waals surface area contributed by atoms with E-state index in [4.69, 9.17) is 5.73 Å². The minimum Gasteiger partial charge on any atom is -0.350 e. The second kappa shape index (κ2) is 12.0. The third kappa shape index (κ3) is 7.51. The molecular formula is C21H31Cl2N3O. The van der Waals surface area contributed by atoms with Gasteiger partial charge in [0, 0.05) is 19.1 Å². The lowest BCUT2D eigenvalue weighted by Gasteiger charge is -2.23. The summed E-state index contributed by atoms with van der Waals surface area (Å²) in [6.07, 6.45) is 0. The van der Waals surface area contributed by atoms with Gasteiger partial charge in [0.05, 0.1) is 0 Å². The third-order valence-electron chi connectivity index (χ3n) is 4.59. The van der Waals surface area contributed by atoms with Crippen molar-refractivity contribution in [3.8, 4) is 0 Å². The number of aryl methyl sites for hydroxylation is 1. The summed E-state index contributed by atoms with van der Waals surface area (Å²) in [7, 11) is 2.10. The molecule has 0 spiro atoms. The summed E-state index contributed by atoms with van der Waals surface area (Å²) < 4.78 is 0. The molecule has 0 aliphatic rings. The summed E-state index contributed by atoms with van der Waals surface area (Å²) in [6, 6.07) is 15.8. The Bertz CT molecular complexity index is 705. The molecule has 0 saturated carbocycles. The van der Waals surface area contributed by atoms with Crippen LogP contribution in [-0.4, -0.2) is 23.9 Å². The minimum absolute atomic E-state index is 0. The molecule has 0 heterocycles.